The molecule has 0 fully saturated rings. The average Bonchev–Trinajstić information content (AvgIpc) is 3.10. The van der Waals surface area contributed by atoms with Crippen molar-refractivity contribution in [1.29, 1.82) is 0 Å². The highest BCUT2D eigenvalue weighted by Crippen LogP contribution is 2.35. The molecule has 1 N–H and O–H groups in total. The van der Waals surface area contributed by atoms with Crippen LogP contribution in [0.4, 0.5) is 0 Å². The number of amides is 1. The number of fused-ring (bicyclic) bond motifs is 3. The van der Waals surface area contributed by atoms with Crippen LogP contribution in [-0.4, -0.2) is 17.4 Å². The number of aryl methyl sites for hydroxylation is 1. The number of thiophene rings is 1. The van der Waals surface area contributed by atoms with E-state index in [1.165, 1.54) is 22.5 Å². The van der Waals surface area contributed by atoms with Crippen molar-refractivity contribution in [3.63, 3.8) is 0 Å². The van der Waals surface area contributed by atoms with Crippen molar-refractivity contribution in [3.8, 4) is 0 Å². The van der Waals surface area contributed by atoms with Gasteiger partial charge < -0.3 is 5.32 Å². The van der Waals surface area contributed by atoms with E-state index in [1.807, 2.05) is 30.3 Å². The zero-order valence-electron chi connectivity index (χ0n) is 14.3. The van der Waals surface area contributed by atoms with Gasteiger partial charge in [0.05, 0.1) is 10.4 Å². The van der Waals surface area contributed by atoms with Gasteiger partial charge in [-0.15, -0.1) is 11.3 Å². The largest absolute Gasteiger partial charge is 0.351 e. The Morgan fingerprint density at radius 3 is 2.69 bits per heavy atom. The number of rotatable bonds is 4. The van der Waals surface area contributed by atoms with Crippen molar-refractivity contribution >= 4 is 49.8 Å². The maximum absolute atomic E-state index is 12.5. The Bertz CT molecular complexity index is 1100. The summed E-state index contributed by atoms with van der Waals surface area (Å²) in [6, 6.07) is 18.0. The lowest BCUT2D eigenvalue weighted by Gasteiger charge is -2.04. The van der Waals surface area contributed by atoms with Crippen molar-refractivity contribution in [2.75, 3.05) is 6.54 Å². The summed E-state index contributed by atoms with van der Waals surface area (Å²) in [5, 5.41) is 5.29. The van der Waals surface area contributed by atoms with Crippen LogP contribution >= 0.6 is 22.9 Å². The summed E-state index contributed by atoms with van der Waals surface area (Å²) < 4.78 is 1.00. The van der Waals surface area contributed by atoms with E-state index in [9.17, 15) is 4.79 Å². The molecule has 3 nitrogen and oxygen atoms in total. The topological polar surface area (TPSA) is 42.0 Å². The third-order valence-corrected chi connectivity index (χ3v) is 5.82. The first-order chi connectivity index (χ1) is 12.6. The number of nitrogens with zero attached hydrogens (tertiary/aromatic N) is 1. The minimum Gasteiger partial charge on any atom is -0.351 e. The number of carbonyl (C=O) groups excluding carboxylic acids is 1. The van der Waals surface area contributed by atoms with Gasteiger partial charge in [0.15, 0.2) is 0 Å². The first-order valence-corrected chi connectivity index (χ1v) is 9.63. The Morgan fingerprint density at radius 1 is 1.12 bits per heavy atom. The van der Waals surface area contributed by atoms with Crippen molar-refractivity contribution in [2.24, 2.45) is 0 Å². The molecule has 0 unspecified atom stereocenters. The highest BCUT2D eigenvalue weighted by atomic mass is 35.5. The summed E-state index contributed by atoms with van der Waals surface area (Å²) in [6.07, 6.45) is 0.808. The molecule has 5 heteroatoms. The summed E-state index contributed by atoms with van der Waals surface area (Å²) in [6.45, 7) is 2.67. The SMILES string of the molecule is Cc1ccc(CCNC(=O)c2cc3c(Cl)nc4ccccc4c3s2)cc1. The fourth-order valence-electron chi connectivity index (χ4n) is 2.95. The van der Waals surface area contributed by atoms with Crippen LogP contribution in [0.25, 0.3) is 21.0 Å². The van der Waals surface area contributed by atoms with Crippen LogP contribution in [0.1, 0.15) is 20.8 Å². The molecular formula is C21H17ClN2OS. The standard InChI is InChI=1S/C21H17ClN2OS/c1-13-6-8-14(9-7-13)10-11-23-21(25)18-12-16-19(26-18)15-4-2-3-5-17(15)24-20(16)22/h2-9,12H,10-11H2,1H3,(H,23,25). The minimum absolute atomic E-state index is 0.0709. The summed E-state index contributed by atoms with van der Waals surface area (Å²) in [5.74, 6) is -0.0709. The Balaban J connectivity index is 1.54. The van der Waals surface area contributed by atoms with E-state index in [2.05, 4.69) is 41.5 Å². The molecule has 2 aromatic heterocycles. The van der Waals surface area contributed by atoms with Crippen molar-refractivity contribution in [2.45, 2.75) is 13.3 Å². The van der Waals surface area contributed by atoms with Gasteiger partial charge in [0, 0.05) is 22.0 Å². The Labute approximate surface area is 160 Å². The highest BCUT2D eigenvalue weighted by molar-refractivity contribution is 7.21. The van der Waals surface area contributed by atoms with E-state index in [0.717, 1.165) is 27.4 Å². The smallest absolute Gasteiger partial charge is 0.261 e. The number of halogens is 1. The second-order valence-corrected chi connectivity index (χ2v) is 7.67. The van der Waals surface area contributed by atoms with Gasteiger partial charge in [-0.25, -0.2) is 4.98 Å². The summed E-state index contributed by atoms with van der Waals surface area (Å²) >= 11 is 7.78. The van der Waals surface area contributed by atoms with Crippen LogP contribution in [-0.2, 0) is 6.42 Å². The van der Waals surface area contributed by atoms with Crippen LogP contribution in [0.15, 0.2) is 54.6 Å². The first kappa shape index (κ1) is 17.0. The third kappa shape index (κ3) is 3.30. The number of para-hydroxylation sites is 1. The van der Waals surface area contributed by atoms with Crippen LogP contribution < -0.4 is 5.32 Å². The Morgan fingerprint density at radius 2 is 1.88 bits per heavy atom. The monoisotopic (exact) mass is 380 g/mol. The normalized spacial score (nSPS) is 11.2. The Kier molecular flexibility index (Phi) is 4.62. The number of benzene rings is 2. The zero-order valence-corrected chi connectivity index (χ0v) is 15.8. The summed E-state index contributed by atoms with van der Waals surface area (Å²) in [4.78, 5) is 17.6. The van der Waals surface area contributed by atoms with Crippen molar-refractivity contribution < 1.29 is 4.79 Å². The van der Waals surface area contributed by atoms with Crippen LogP contribution in [0.3, 0.4) is 0 Å². The predicted octanol–water partition coefficient (Wildman–Crippen LogP) is 5.38. The Hall–Kier alpha value is -2.43. The molecule has 4 aromatic rings. The molecule has 4 rings (SSSR count). The molecule has 0 radical (unpaired) electrons. The highest BCUT2D eigenvalue weighted by Gasteiger charge is 2.15. The number of pyridine rings is 1. The molecule has 2 aromatic carbocycles. The lowest BCUT2D eigenvalue weighted by Crippen LogP contribution is -2.24. The lowest BCUT2D eigenvalue weighted by molar-refractivity contribution is 0.0958. The van der Waals surface area contributed by atoms with Gasteiger partial charge >= 0.3 is 0 Å². The quantitative estimate of drug-likeness (QED) is 0.482. The number of hydrogen-bond acceptors (Lipinski definition) is 3. The average molecular weight is 381 g/mol. The number of carbonyl (C=O) groups is 1. The van der Waals surface area contributed by atoms with E-state index in [1.54, 1.807) is 0 Å². The molecule has 0 saturated heterocycles. The molecule has 2 heterocycles. The molecule has 0 spiro atoms. The van der Waals surface area contributed by atoms with E-state index in [-0.39, 0.29) is 5.91 Å². The van der Waals surface area contributed by atoms with Crippen molar-refractivity contribution in [1.82, 2.24) is 10.3 Å². The van der Waals surface area contributed by atoms with Gasteiger partial charge in [0.1, 0.15) is 5.15 Å². The molecule has 130 valence electrons. The molecular weight excluding hydrogens is 364 g/mol. The van der Waals surface area contributed by atoms with Crippen LogP contribution in [0.5, 0.6) is 0 Å². The molecule has 26 heavy (non-hydrogen) atoms. The molecule has 1 amide bonds. The van der Waals surface area contributed by atoms with E-state index >= 15 is 0 Å². The van der Waals surface area contributed by atoms with Gasteiger partial charge in [0.2, 0.25) is 0 Å². The second kappa shape index (κ2) is 7.06. The van der Waals surface area contributed by atoms with Gasteiger partial charge in [-0.05, 0) is 31.0 Å². The third-order valence-electron chi connectivity index (χ3n) is 4.37. The lowest BCUT2D eigenvalue weighted by atomic mass is 10.1. The van der Waals surface area contributed by atoms with Crippen LogP contribution in [0.2, 0.25) is 5.15 Å². The maximum Gasteiger partial charge on any atom is 0.261 e. The fraction of sp³-hybridized carbons (Fsp3) is 0.143. The summed E-state index contributed by atoms with van der Waals surface area (Å²) in [7, 11) is 0. The maximum atomic E-state index is 12.5. The number of hydrogen-bond donors (Lipinski definition) is 1. The van der Waals surface area contributed by atoms with Crippen LogP contribution in [0, 0.1) is 6.92 Å². The van der Waals surface area contributed by atoms with Gasteiger partial charge in [-0.1, -0.05) is 59.6 Å². The fourth-order valence-corrected chi connectivity index (χ4v) is 4.35. The van der Waals surface area contributed by atoms with Gasteiger partial charge in [0.25, 0.3) is 5.91 Å². The predicted molar refractivity (Wildman–Crippen MR) is 109 cm³/mol. The number of aromatic nitrogens is 1. The molecule has 0 aliphatic rings. The van der Waals surface area contributed by atoms with E-state index < -0.39 is 0 Å². The summed E-state index contributed by atoms with van der Waals surface area (Å²) in [5.41, 5.74) is 3.30. The van der Waals surface area contributed by atoms with E-state index in [4.69, 9.17) is 11.6 Å². The van der Waals surface area contributed by atoms with E-state index in [0.29, 0.717) is 16.6 Å². The molecule has 0 aliphatic heterocycles. The molecule has 0 saturated carbocycles. The zero-order chi connectivity index (χ0) is 18.1. The second-order valence-electron chi connectivity index (χ2n) is 6.26. The molecule has 0 atom stereocenters. The first-order valence-electron chi connectivity index (χ1n) is 8.43. The van der Waals surface area contributed by atoms with Crippen molar-refractivity contribution in [3.05, 3.63) is 75.8 Å². The van der Waals surface area contributed by atoms with Gasteiger partial charge in [-0.3, -0.25) is 4.79 Å². The minimum atomic E-state index is -0.0709. The molecule has 0 aliphatic carbocycles. The molecule has 0 bridgehead atoms. The van der Waals surface area contributed by atoms with Gasteiger partial charge in [-0.2, -0.15) is 0 Å². The number of nitrogens with one attached hydrogen (secondary N) is 1.